The predicted molar refractivity (Wildman–Crippen MR) is 210 cm³/mol. The highest BCUT2D eigenvalue weighted by atomic mass is 16.3. The molecule has 0 atom stereocenters. The van der Waals surface area contributed by atoms with Gasteiger partial charge in [0.05, 0.1) is 0 Å². The van der Waals surface area contributed by atoms with Gasteiger partial charge in [-0.25, -0.2) is 0 Å². The zero-order valence-electron chi connectivity index (χ0n) is 27.4. The van der Waals surface area contributed by atoms with Gasteiger partial charge in [0.15, 0.2) is 0 Å². The van der Waals surface area contributed by atoms with Gasteiger partial charge in [-0.2, -0.15) is 0 Å². The average Bonchev–Trinajstić information content (AvgIpc) is 3.64. The Bertz CT molecular complexity index is 2530. The second-order valence-electron chi connectivity index (χ2n) is 12.6. The van der Waals surface area contributed by atoms with Crippen molar-refractivity contribution in [1.29, 1.82) is 0 Å². The van der Waals surface area contributed by atoms with Crippen LogP contribution in [0.25, 0.3) is 66.4 Å². The highest BCUT2D eigenvalue weighted by Gasteiger charge is 2.16. The molecule has 0 aliphatic carbocycles. The van der Waals surface area contributed by atoms with E-state index in [0.29, 0.717) is 0 Å². The van der Waals surface area contributed by atoms with Crippen molar-refractivity contribution < 1.29 is 4.42 Å². The number of anilines is 3. The maximum atomic E-state index is 6.42. The minimum atomic E-state index is 0.866. The van der Waals surface area contributed by atoms with Crippen molar-refractivity contribution in [2.75, 3.05) is 4.90 Å². The summed E-state index contributed by atoms with van der Waals surface area (Å²) in [5, 5.41) is 3.54. The molecule has 2 heteroatoms. The van der Waals surface area contributed by atoms with E-state index in [9.17, 15) is 0 Å². The molecule has 0 N–H and O–H groups in total. The van der Waals surface area contributed by atoms with E-state index in [-0.39, 0.29) is 0 Å². The topological polar surface area (TPSA) is 16.4 Å². The molecule has 0 unspecified atom stereocenters. The molecule has 1 heterocycles. The molecule has 236 valence electrons. The molecule has 0 radical (unpaired) electrons. The maximum absolute atomic E-state index is 6.42. The lowest BCUT2D eigenvalue weighted by Gasteiger charge is -2.26. The molecule has 0 amide bonds. The molecule has 9 rings (SSSR count). The van der Waals surface area contributed by atoms with Crippen LogP contribution in [-0.4, -0.2) is 0 Å². The number of benzene rings is 8. The molecule has 0 fully saturated rings. The first-order chi connectivity index (χ1) is 24.8. The summed E-state index contributed by atoms with van der Waals surface area (Å²) < 4.78 is 6.42. The highest BCUT2D eigenvalue weighted by molar-refractivity contribution is 5.92. The first-order valence-electron chi connectivity index (χ1n) is 17.0. The number of para-hydroxylation sites is 1. The SMILES string of the molecule is c1ccc(-c2ccc(N(c3ccc(-c4ccc(-c5ccccc5)c(-c5cc6ccccc6o5)c4)cc3)c3ccc4ccccc4c3)cc2)cc1. The predicted octanol–water partition coefficient (Wildman–Crippen LogP) is 13.7. The van der Waals surface area contributed by atoms with Gasteiger partial charge < -0.3 is 9.32 Å². The molecule has 1 aromatic heterocycles. The number of rotatable bonds is 7. The van der Waals surface area contributed by atoms with Crippen LogP contribution in [0.4, 0.5) is 17.1 Å². The molecule has 0 saturated carbocycles. The van der Waals surface area contributed by atoms with Crippen LogP contribution >= 0.6 is 0 Å². The molecule has 0 aliphatic heterocycles. The van der Waals surface area contributed by atoms with Crippen molar-refractivity contribution in [1.82, 2.24) is 0 Å². The average molecular weight is 640 g/mol. The Hall–Kier alpha value is -6.64. The Balaban J connectivity index is 1.12. The number of hydrogen-bond acceptors (Lipinski definition) is 2. The van der Waals surface area contributed by atoms with Gasteiger partial charge in [0, 0.05) is 28.0 Å². The Kier molecular flexibility index (Phi) is 7.53. The Labute approximate surface area is 292 Å². The van der Waals surface area contributed by atoms with E-state index < -0.39 is 0 Å². The number of nitrogens with zero attached hydrogens (tertiary/aromatic N) is 1. The van der Waals surface area contributed by atoms with Gasteiger partial charge in [-0.1, -0.05) is 146 Å². The summed E-state index contributed by atoms with van der Waals surface area (Å²) in [6.07, 6.45) is 0. The van der Waals surface area contributed by atoms with Crippen molar-refractivity contribution in [3.05, 3.63) is 200 Å². The molecule has 0 bridgehead atoms. The van der Waals surface area contributed by atoms with E-state index in [1.54, 1.807) is 0 Å². The lowest BCUT2D eigenvalue weighted by Crippen LogP contribution is -2.09. The lowest BCUT2D eigenvalue weighted by molar-refractivity contribution is 0.632. The molecular weight excluding hydrogens is 607 g/mol. The van der Waals surface area contributed by atoms with Gasteiger partial charge >= 0.3 is 0 Å². The van der Waals surface area contributed by atoms with Crippen LogP contribution in [0.1, 0.15) is 0 Å². The largest absolute Gasteiger partial charge is 0.456 e. The van der Waals surface area contributed by atoms with Gasteiger partial charge in [0.25, 0.3) is 0 Å². The van der Waals surface area contributed by atoms with Crippen molar-refractivity contribution in [2.45, 2.75) is 0 Å². The minimum absolute atomic E-state index is 0.866. The van der Waals surface area contributed by atoms with E-state index >= 15 is 0 Å². The molecule has 0 aliphatic rings. The molecular formula is C48H33NO. The quantitative estimate of drug-likeness (QED) is 0.173. The van der Waals surface area contributed by atoms with E-state index in [0.717, 1.165) is 61.6 Å². The fraction of sp³-hybridized carbons (Fsp3) is 0. The van der Waals surface area contributed by atoms with Crippen molar-refractivity contribution >= 4 is 38.8 Å². The number of furan rings is 1. The third-order valence-corrected chi connectivity index (χ3v) is 9.48. The number of fused-ring (bicyclic) bond motifs is 2. The van der Waals surface area contributed by atoms with Crippen molar-refractivity contribution in [3.8, 4) is 44.7 Å². The second kappa shape index (κ2) is 12.8. The smallest absolute Gasteiger partial charge is 0.136 e. The van der Waals surface area contributed by atoms with Crippen molar-refractivity contribution in [2.24, 2.45) is 0 Å². The van der Waals surface area contributed by atoms with Gasteiger partial charge in [0.2, 0.25) is 0 Å². The normalized spacial score (nSPS) is 11.2. The van der Waals surface area contributed by atoms with Crippen molar-refractivity contribution in [3.63, 3.8) is 0 Å². The summed E-state index contributed by atoms with van der Waals surface area (Å²) in [7, 11) is 0. The summed E-state index contributed by atoms with van der Waals surface area (Å²) in [6.45, 7) is 0. The van der Waals surface area contributed by atoms with Crippen LogP contribution in [0.5, 0.6) is 0 Å². The Morgan fingerprint density at radius 1 is 0.300 bits per heavy atom. The van der Waals surface area contributed by atoms with Crippen LogP contribution in [-0.2, 0) is 0 Å². The molecule has 50 heavy (non-hydrogen) atoms. The molecule has 9 aromatic rings. The summed E-state index contributed by atoms with van der Waals surface area (Å²) in [4.78, 5) is 2.34. The third-order valence-electron chi connectivity index (χ3n) is 9.48. The number of hydrogen-bond donors (Lipinski definition) is 0. The maximum Gasteiger partial charge on any atom is 0.136 e. The van der Waals surface area contributed by atoms with E-state index in [4.69, 9.17) is 4.42 Å². The monoisotopic (exact) mass is 639 g/mol. The fourth-order valence-electron chi connectivity index (χ4n) is 6.91. The van der Waals surface area contributed by atoms with E-state index in [2.05, 4.69) is 193 Å². The van der Waals surface area contributed by atoms with Crippen LogP contribution < -0.4 is 4.90 Å². The summed E-state index contributed by atoms with van der Waals surface area (Å²) >= 11 is 0. The van der Waals surface area contributed by atoms with Gasteiger partial charge in [-0.3, -0.25) is 0 Å². The summed E-state index contributed by atoms with van der Waals surface area (Å²) in [6, 6.07) is 71.1. The Morgan fingerprint density at radius 3 is 1.50 bits per heavy atom. The van der Waals surface area contributed by atoms with Gasteiger partial charge in [-0.15, -0.1) is 0 Å². The molecule has 0 saturated heterocycles. The molecule has 0 spiro atoms. The van der Waals surface area contributed by atoms with Crippen LogP contribution in [0.15, 0.2) is 205 Å². The molecule has 8 aromatic carbocycles. The van der Waals surface area contributed by atoms with Crippen LogP contribution in [0.3, 0.4) is 0 Å². The van der Waals surface area contributed by atoms with Crippen LogP contribution in [0.2, 0.25) is 0 Å². The standard InChI is InChI=1S/C48H33NO/c1-3-11-34(12-4-1)36-19-25-42(26-20-36)49(44-29-23-35-13-7-8-16-39(35)31-44)43-27-21-37(22-28-43)40-24-30-45(38-14-5-2-6-15-38)46(32-40)48-33-41-17-9-10-18-47(41)50-48/h1-33H. The molecule has 2 nitrogen and oxygen atoms in total. The zero-order valence-corrected chi connectivity index (χ0v) is 27.4. The van der Waals surface area contributed by atoms with Gasteiger partial charge in [-0.05, 0) is 98.8 Å². The first kappa shape index (κ1) is 29.5. The summed E-state index contributed by atoms with van der Waals surface area (Å²) in [5.41, 5.74) is 12.3. The van der Waals surface area contributed by atoms with E-state index in [1.165, 1.54) is 21.9 Å². The Morgan fingerprint density at radius 2 is 0.820 bits per heavy atom. The fourth-order valence-corrected chi connectivity index (χ4v) is 6.91. The lowest BCUT2D eigenvalue weighted by atomic mass is 9.93. The second-order valence-corrected chi connectivity index (χ2v) is 12.6. The van der Waals surface area contributed by atoms with E-state index in [1.807, 2.05) is 12.1 Å². The first-order valence-corrected chi connectivity index (χ1v) is 17.0. The third kappa shape index (κ3) is 5.63. The highest BCUT2D eigenvalue weighted by Crippen LogP contribution is 2.41. The zero-order chi connectivity index (χ0) is 33.3. The summed E-state index contributed by atoms with van der Waals surface area (Å²) in [5.74, 6) is 0.866. The van der Waals surface area contributed by atoms with Gasteiger partial charge in [0.1, 0.15) is 11.3 Å². The van der Waals surface area contributed by atoms with Crippen LogP contribution in [0, 0.1) is 0 Å². The minimum Gasteiger partial charge on any atom is -0.456 e.